The van der Waals surface area contributed by atoms with E-state index in [1.165, 1.54) is 18.4 Å². The Bertz CT molecular complexity index is 692. The first-order valence-electron chi connectivity index (χ1n) is 8.06. The molecule has 0 aliphatic heterocycles. The Hall–Kier alpha value is -1.95. The molecular weight excluding hydrogens is 278 g/mol. The number of nitrogens with one attached hydrogen (secondary N) is 1. The minimum atomic E-state index is -0.150. The fraction of sp³-hybridized carbons (Fsp3) is 0.562. The molecule has 6 nitrogen and oxygen atoms in total. The first-order valence-corrected chi connectivity index (χ1v) is 8.06. The Kier molecular flexibility index (Phi) is 3.33. The Balaban J connectivity index is 1.63. The van der Waals surface area contributed by atoms with Crippen molar-refractivity contribution >= 4 is 22.7 Å². The lowest BCUT2D eigenvalue weighted by atomic mass is 9.93. The number of pyridine rings is 1. The zero-order valence-corrected chi connectivity index (χ0v) is 12.5. The number of fused-ring (bicyclic) bond motifs is 1. The smallest absolute Gasteiger partial charge is 0.223 e. The largest absolute Gasteiger partial charge is 0.393 e. The molecule has 2 aliphatic carbocycles. The van der Waals surface area contributed by atoms with Gasteiger partial charge < -0.3 is 16.2 Å². The molecular formula is C16H21N5O. The van der Waals surface area contributed by atoms with Gasteiger partial charge in [-0.25, -0.2) is 15.0 Å². The van der Waals surface area contributed by atoms with E-state index in [0.29, 0.717) is 23.7 Å². The van der Waals surface area contributed by atoms with Gasteiger partial charge in [0.2, 0.25) is 5.95 Å². The SMILES string of the molecule is Nc1ncc(C2CC2)c2nc(NC3CCC(O)CC3)ncc12. The van der Waals surface area contributed by atoms with Gasteiger partial charge in [0.1, 0.15) is 5.82 Å². The van der Waals surface area contributed by atoms with Gasteiger partial charge in [0.15, 0.2) is 0 Å². The summed E-state index contributed by atoms with van der Waals surface area (Å²) in [5, 5.41) is 13.8. The average Bonchev–Trinajstić information content (AvgIpc) is 3.35. The molecule has 116 valence electrons. The van der Waals surface area contributed by atoms with Gasteiger partial charge in [-0.05, 0) is 44.4 Å². The summed E-state index contributed by atoms with van der Waals surface area (Å²) in [5.74, 6) is 1.72. The van der Waals surface area contributed by atoms with Crippen LogP contribution in [0.4, 0.5) is 11.8 Å². The number of aromatic nitrogens is 3. The maximum atomic E-state index is 9.59. The van der Waals surface area contributed by atoms with Gasteiger partial charge in [-0.15, -0.1) is 0 Å². The van der Waals surface area contributed by atoms with Gasteiger partial charge in [-0.3, -0.25) is 0 Å². The standard InChI is InChI=1S/C16H21N5O/c17-15-13-8-19-16(20-10-3-5-11(22)6-4-10)21-14(13)12(7-18-15)9-1-2-9/h7-11,22H,1-6H2,(H2,17,18)(H,19,20,21). The monoisotopic (exact) mass is 299 g/mol. The van der Waals surface area contributed by atoms with Crippen LogP contribution in [0.2, 0.25) is 0 Å². The Morgan fingerprint density at radius 1 is 1.05 bits per heavy atom. The predicted molar refractivity (Wildman–Crippen MR) is 85.6 cm³/mol. The third-order valence-corrected chi connectivity index (χ3v) is 4.73. The number of nitrogen functional groups attached to an aromatic ring is 1. The number of nitrogens with two attached hydrogens (primary N) is 1. The number of rotatable bonds is 3. The molecule has 0 radical (unpaired) electrons. The van der Waals surface area contributed by atoms with Crippen molar-refractivity contribution in [1.29, 1.82) is 0 Å². The molecule has 6 heteroatoms. The van der Waals surface area contributed by atoms with Gasteiger partial charge in [0, 0.05) is 24.0 Å². The number of hydrogen-bond acceptors (Lipinski definition) is 6. The van der Waals surface area contributed by atoms with Gasteiger partial charge in [0.25, 0.3) is 0 Å². The second kappa shape index (κ2) is 5.35. The molecule has 2 aromatic heterocycles. The van der Waals surface area contributed by atoms with Crippen LogP contribution in [0.1, 0.15) is 50.0 Å². The van der Waals surface area contributed by atoms with Crippen LogP contribution in [-0.2, 0) is 0 Å². The highest BCUT2D eigenvalue weighted by Gasteiger charge is 2.27. The van der Waals surface area contributed by atoms with E-state index in [-0.39, 0.29) is 6.10 Å². The minimum absolute atomic E-state index is 0.150. The first kappa shape index (κ1) is 13.7. The molecule has 2 aromatic rings. The number of aliphatic hydroxyl groups excluding tert-OH is 1. The molecule has 0 atom stereocenters. The molecule has 2 heterocycles. The molecule has 0 bridgehead atoms. The van der Waals surface area contributed by atoms with Crippen molar-refractivity contribution in [2.45, 2.75) is 56.6 Å². The molecule has 0 aromatic carbocycles. The lowest BCUT2D eigenvalue weighted by Gasteiger charge is -2.26. The van der Waals surface area contributed by atoms with E-state index >= 15 is 0 Å². The molecule has 2 aliphatic rings. The molecule has 2 fully saturated rings. The van der Waals surface area contributed by atoms with Crippen LogP contribution in [0.15, 0.2) is 12.4 Å². The van der Waals surface area contributed by atoms with E-state index in [0.717, 1.165) is 36.6 Å². The maximum Gasteiger partial charge on any atom is 0.223 e. The molecule has 22 heavy (non-hydrogen) atoms. The Morgan fingerprint density at radius 3 is 2.55 bits per heavy atom. The van der Waals surface area contributed by atoms with E-state index < -0.39 is 0 Å². The second-order valence-corrected chi connectivity index (χ2v) is 6.48. The molecule has 0 unspecified atom stereocenters. The fourth-order valence-corrected chi connectivity index (χ4v) is 3.22. The van der Waals surface area contributed by atoms with Gasteiger partial charge in [0.05, 0.1) is 17.0 Å². The van der Waals surface area contributed by atoms with Crippen LogP contribution in [0.3, 0.4) is 0 Å². The van der Waals surface area contributed by atoms with Crippen molar-refractivity contribution in [2.24, 2.45) is 0 Å². The maximum absolute atomic E-state index is 9.59. The normalized spacial score (nSPS) is 25.3. The van der Waals surface area contributed by atoms with Crippen LogP contribution >= 0.6 is 0 Å². The van der Waals surface area contributed by atoms with Crippen LogP contribution in [0, 0.1) is 0 Å². The summed E-state index contributed by atoms with van der Waals surface area (Å²) >= 11 is 0. The molecule has 2 saturated carbocycles. The summed E-state index contributed by atoms with van der Waals surface area (Å²) in [6.07, 6.45) is 9.49. The van der Waals surface area contributed by atoms with Crippen LogP contribution in [0.5, 0.6) is 0 Å². The average molecular weight is 299 g/mol. The summed E-state index contributed by atoms with van der Waals surface area (Å²) in [6.45, 7) is 0. The van der Waals surface area contributed by atoms with Crippen LogP contribution < -0.4 is 11.1 Å². The van der Waals surface area contributed by atoms with Crippen molar-refractivity contribution < 1.29 is 5.11 Å². The zero-order chi connectivity index (χ0) is 15.1. The highest BCUT2D eigenvalue weighted by atomic mass is 16.3. The van der Waals surface area contributed by atoms with Gasteiger partial charge in [-0.1, -0.05) is 0 Å². The zero-order valence-electron chi connectivity index (χ0n) is 12.5. The molecule has 4 rings (SSSR count). The first-order chi connectivity index (χ1) is 10.7. The predicted octanol–water partition coefficient (Wildman–Crippen LogP) is 2.20. The highest BCUT2D eigenvalue weighted by molar-refractivity contribution is 5.90. The lowest BCUT2D eigenvalue weighted by molar-refractivity contribution is 0.126. The van der Waals surface area contributed by atoms with Crippen molar-refractivity contribution in [3.63, 3.8) is 0 Å². The van der Waals surface area contributed by atoms with E-state index in [9.17, 15) is 5.11 Å². The molecule has 0 saturated heterocycles. The number of anilines is 2. The number of nitrogens with zero attached hydrogens (tertiary/aromatic N) is 3. The Labute approximate surface area is 129 Å². The minimum Gasteiger partial charge on any atom is -0.393 e. The summed E-state index contributed by atoms with van der Waals surface area (Å²) in [5.41, 5.74) is 8.08. The fourth-order valence-electron chi connectivity index (χ4n) is 3.22. The molecule has 0 spiro atoms. The summed E-state index contributed by atoms with van der Waals surface area (Å²) in [6, 6.07) is 0.337. The summed E-state index contributed by atoms with van der Waals surface area (Å²) in [7, 11) is 0. The summed E-state index contributed by atoms with van der Waals surface area (Å²) in [4.78, 5) is 13.4. The third-order valence-electron chi connectivity index (χ3n) is 4.73. The van der Waals surface area contributed by atoms with Crippen molar-refractivity contribution in [3.05, 3.63) is 18.0 Å². The van der Waals surface area contributed by atoms with Gasteiger partial charge >= 0.3 is 0 Å². The topological polar surface area (TPSA) is 97.0 Å². The number of hydrogen-bond donors (Lipinski definition) is 3. The van der Waals surface area contributed by atoms with E-state index in [2.05, 4.69) is 15.3 Å². The van der Waals surface area contributed by atoms with Gasteiger partial charge in [-0.2, -0.15) is 0 Å². The third kappa shape index (κ3) is 2.59. The number of aliphatic hydroxyl groups is 1. The van der Waals surface area contributed by atoms with E-state index in [1.54, 1.807) is 6.20 Å². The van der Waals surface area contributed by atoms with Crippen LogP contribution in [0.25, 0.3) is 10.9 Å². The lowest BCUT2D eigenvalue weighted by Crippen LogP contribution is -2.28. The molecule has 0 amide bonds. The van der Waals surface area contributed by atoms with Crippen molar-refractivity contribution in [2.75, 3.05) is 11.1 Å². The highest BCUT2D eigenvalue weighted by Crippen LogP contribution is 2.43. The van der Waals surface area contributed by atoms with E-state index in [1.807, 2.05) is 6.20 Å². The van der Waals surface area contributed by atoms with Crippen molar-refractivity contribution in [3.8, 4) is 0 Å². The Morgan fingerprint density at radius 2 is 1.82 bits per heavy atom. The van der Waals surface area contributed by atoms with Crippen molar-refractivity contribution in [1.82, 2.24) is 15.0 Å². The quantitative estimate of drug-likeness (QED) is 0.804. The molecule has 4 N–H and O–H groups in total. The summed E-state index contributed by atoms with van der Waals surface area (Å²) < 4.78 is 0. The van der Waals surface area contributed by atoms with E-state index in [4.69, 9.17) is 10.7 Å². The van der Waals surface area contributed by atoms with Crippen LogP contribution in [-0.4, -0.2) is 32.2 Å². The second-order valence-electron chi connectivity index (χ2n) is 6.48.